The first-order valence-corrected chi connectivity index (χ1v) is 12.8. The van der Waals surface area contributed by atoms with Crippen molar-refractivity contribution in [3.05, 3.63) is 48.0 Å². The summed E-state index contributed by atoms with van der Waals surface area (Å²) in [6, 6.07) is 7.72. The Morgan fingerprint density at radius 3 is 2.30 bits per heavy atom. The second-order valence-electron chi connectivity index (χ2n) is 10.8. The Labute approximate surface area is 219 Å². The molecule has 1 aromatic rings. The van der Waals surface area contributed by atoms with Gasteiger partial charge in [0.25, 0.3) is 0 Å². The lowest BCUT2D eigenvalue weighted by atomic mass is 9.97. The Morgan fingerprint density at radius 2 is 1.73 bits per heavy atom. The molecule has 1 aromatic carbocycles. The van der Waals surface area contributed by atoms with Crippen molar-refractivity contribution in [3.63, 3.8) is 0 Å². The number of aliphatic carboxylic acids is 1. The van der Waals surface area contributed by atoms with Crippen molar-refractivity contribution in [2.45, 2.75) is 90.4 Å². The summed E-state index contributed by atoms with van der Waals surface area (Å²) in [6.45, 7) is 11.4. The van der Waals surface area contributed by atoms with Gasteiger partial charge < -0.3 is 25.4 Å². The summed E-state index contributed by atoms with van der Waals surface area (Å²) >= 11 is 0. The number of nitrogens with zero attached hydrogens (tertiary/aromatic N) is 1. The highest BCUT2D eigenvalue weighted by Gasteiger charge is 2.39. The Morgan fingerprint density at radius 1 is 1.08 bits per heavy atom. The number of carboxylic acids is 1. The monoisotopic (exact) mass is 515 g/mol. The highest BCUT2D eigenvalue weighted by molar-refractivity contribution is 5.93. The molecule has 3 N–H and O–H groups in total. The largest absolute Gasteiger partial charge is 0.481 e. The maximum absolute atomic E-state index is 13.3. The molecule has 0 unspecified atom stereocenters. The van der Waals surface area contributed by atoms with E-state index in [0.717, 1.165) is 0 Å². The first-order chi connectivity index (χ1) is 17.3. The van der Waals surface area contributed by atoms with Crippen LogP contribution in [0.1, 0.15) is 72.3 Å². The van der Waals surface area contributed by atoms with Gasteiger partial charge in [0.15, 0.2) is 0 Å². The number of likely N-dealkylation sites (tertiary alicyclic amines) is 1. The molecule has 3 amide bonds. The average molecular weight is 516 g/mol. The van der Waals surface area contributed by atoms with Crippen LogP contribution in [-0.2, 0) is 19.1 Å². The fraction of sp³-hybridized carbons (Fsp3) is 0.571. The van der Waals surface area contributed by atoms with E-state index < -0.39 is 42.1 Å². The second-order valence-corrected chi connectivity index (χ2v) is 10.8. The summed E-state index contributed by atoms with van der Waals surface area (Å²) in [5, 5.41) is 14.7. The van der Waals surface area contributed by atoms with Crippen LogP contribution in [0, 0.1) is 5.92 Å². The van der Waals surface area contributed by atoms with Gasteiger partial charge in [-0.1, -0.05) is 63.3 Å². The maximum Gasteiger partial charge on any atom is 0.408 e. The van der Waals surface area contributed by atoms with Gasteiger partial charge in [0.2, 0.25) is 11.8 Å². The average Bonchev–Trinajstić information content (AvgIpc) is 3.29. The molecule has 1 aliphatic heterocycles. The predicted octanol–water partition coefficient (Wildman–Crippen LogP) is 3.85. The maximum atomic E-state index is 13.3. The number of ether oxygens (including phenoxy) is 1. The summed E-state index contributed by atoms with van der Waals surface area (Å²) in [5.74, 6) is -1.87. The van der Waals surface area contributed by atoms with Crippen LogP contribution >= 0.6 is 0 Å². The molecule has 1 heterocycles. The van der Waals surface area contributed by atoms with E-state index in [2.05, 4.69) is 35.8 Å². The van der Waals surface area contributed by atoms with Crippen molar-refractivity contribution in [1.82, 2.24) is 15.5 Å². The molecule has 37 heavy (non-hydrogen) atoms. The van der Waals surface area contributed by atoms with Gasteiger partial charge >= 0.3 is 12.1 Å². The summed E-state index contributed by atoms with van der Waals surface area (Å²) in [4.78, 5) is 51.6. The van der Waals surface area contributed by atoms with E-state index in [0.29, 0.717) is 19.4 Å². The molecule has 9 heteroatoms. The minimum absolute atomic E-state index is 0.113. The van der Waals surface area contributed by atoms with Crippen molar-refractivity contribution in [2.24, 2.45) is 5.92 Å². The quantitative estimate of drug-likeness (QED) is 0.407. The molecular weight excluding hydrogens is 474 g/mol. The second kappa shape index (κ2) is 13.3. The van der Waals surface area contributed by atoms with Crippen LogP contribution in [0.3, 0.4) is 0 Å². The van der Waals surface area contributed by atoms with Crippen LogP contribution in [0.25, 0.3) is 0 Å². The molecule has 0 saturated carbocycles. The van der Waals surface area contributed by atoms with Crippen molar-refractivity contribution in [2.75, 3.05) is 6.54 Å². The first kappa shape index (κ1) is 29.9. The molecule has 9 nitrogen and oxygen atoms in total. The van der Waals surface area contributed by atoms with Crippen molar-refractivity contribution in [3.8, 4) is 0 Å². The molecule has 4 atom stereocenters. The number of amides is 3. The normalized spacial score (nSPS) is 18.4. The lowest BCUT2D eigenvalue weighted by Crippen LogP contribution is -2.55. The number of carbonyl (C=O) groups is 4. The van der Waals surface area contributed by atoms with Gasteiger partial charge in [0.1, 0.15) is 17.7 Å². The predicted molar refractivity (Wildman–Crippen MR) is 141 cm³/mol. The third-order valence-electron chi connectivity index (χ3n) is 6.17. The zero-order chi connectivity index (χ0) is 27.8. The molecule has 0 aromatic heterocycles. The summed E-state index contributed by atoms with van der Waals surface area (Å²) in [6.07, 6.45) is 3.61. The Hall–Kier alpha value is -3.36. The number of rotatable bonds is 10. The van der Waals surface area contributed by atoms with Crippen molar-refractivity contribution < 1.29 is 29.0 Å². The number of allylic oxidation sites excluding steroid dienone is 1. The van der Waals surface area contributed by atoms with Crippen LogP contribution < -0.4 is 10.6 Å². The molecule has 0 bridgehead atoms. The van der Waals surface area contributed by atoms with Gasteiger partial charge in [-0.2, -0.15) is 0 Å². The third kappa shape index (κ3) is 9.55. The molecule has 2 rings (SSSR count). The number of hydrogen-bond donors (Lipinski definition) is 3. The Bertz CT molecular complexity index is 970. The van der Waals surface area contributed by atoms with E-state index in [-0.39, 0.29) is 23.8 Å². The molecule has 0 spiro atoms. The molecular formula is C28H41N3O6. The number of benzene rings is 1. The lowest BCUT2D eigenvalue weighted by molar-refractivity contribution is -0.144. The van der Waals surface area contributed by atoms with Gasteiger partial charge in [-0.15, -0.1) is 0 Å². The first-order valence-electron chi connectivity index (χ1n) is 12.8. The van der Waals surface area contributed by atoms with Gasteiger partial charge in [-0.05, 0) is 51.0 Å². The minimum atomic E-state index is -1.34. The van der Waals surface area contributed by atoms with E-state index in [9.17, 15) is 24.3 Å². The van der Waals surface area contributed by atoms with E-state index in [4.69, 9.17) is 4.74 Å². The fourth-order valence-corrected chi connectivity index (χ4v) is 4.18. The van der Waals surface area contributed by atoms with E-state index in [1.807, 2.05) is 38.1 Å². The van der Waals surface area contributed by atoms with E-state index in [1.165, 1.54) is 10.5 Å². The molecule has 1 fully saturated rings. The molecule has 0 radical (unpaired) electrons. The zero-order valence-electron chi connectivity index (χ0n) is 22.7. The summed E-state index contributed by atoms with van der Waals surface area (Å²) in [5.41, 5.74) is 0.357. The van der Waals surface area contributed by atoms with Crippen LogP contribution in [0.15, 0.2) is 42.5 Å². The summed E-state index contributed by atoms with van der Waals surface area (Å²) < 4.78 is 5.19. The number of nitrogens with one attached hydrogen (secondary N) is 2. The lowest BCUT2D eigenvalue weighted by Gasteiger charge is -2.30. The van der Waals surface area contributed by atoms with Gasteiger partial charge in [0.05, 0.1) is 6.42 Å². The number of carbonyl (C=O) groups excluding carboxylic acids is 3. The Kier molecular flexibility index (Phi) is 10.7. The fourth-order valence-electron chi connectivity index (χ4n) is 4.18. The molecule has 0 aliphatic carbocycles. The Balaban J connectivity index is 2.12. The van der Waals surface area contributed by atoms with E-state index in [1.54, 1.807) is 20.8 Å². The van der Waals surface area contributed by atoms with E-state index >= 15 is 0 Å². The standard InChI is InChI=1S/C28H41N3O6/c1-18(2)21(15-14-19(3)20-11-8-7-9-12-20)29-25(34)23-13-10-16-31(23)26(35)22(17-24(32)33)30-27(36)37-28(4,5)6/h7-9,11-12,14-15,18-19,21-23H,10,13,16-17H2,1-6H3,(H,29,34)(H,30,36)(H,32,33)/b15-14+/t19-,21-,22-,23-/m0/s1. The SMILES string of the molecule is CC(C)[C@H](/C=C/[C@H](C)c1ccccc1)NC(=O)[C@@H]1CCCN1C(=O)[C@H](CC(=O)O)NC(=O)OC(C)(C)C. The molecule has 1 saturated heterocycles. The highest BCUT2D eigenvalue weighted by atomic mass is 16.6. The number of carboxylic acid groups (broad SMARTS) is 1. The number of alkyl carbamates (subject to hydrolysis) is 1. The zero-order valence-corrected chi connectivity index (χ0v) is 22.7. The molecule has 204 valence electrons. The van der Waals surface area contributed by atoms with Gasteiger partial charge in [-0.25, -0.2) is 4.79 Å². The minimum Gasteiger partial charge on any atom is -0.481 e. The third-order valence-corrected chi connectivity index (χ3v) is 6.17. The van der Waals surface area contributed by atoms with Crippen molar-refractivity contribution in [1.29, 1.82) is 0 Å². The van der Waals surface area contributed by atoms with Gasteiger partial charge in [0, 0.05) is 12.6 Å². The smallest absolute Gasteiger partial charge is 0.408 e. The van der Waals surface area contributed by atoms with Crippen LogP contribution in [0.4, 0.5) is 4.79 Å². The highest BCUT2D eigenvalue weighted by Crippen LogP contribution is 2.21. The van der Waals surface area contributed by atoms with Crippen LogP contribution in [-0.4, -0.2) is 64.2 Å². The molecule has 1 aliphatic rings. The van der Waals surface area contributed by atoms with Gasteiger partial charge in [-0.3, -0.25) is 14.4 Å². The van der Waals surface area contributed by atoms with Crippen LogP contribution in [0.2, 0.25) is 0 Å². The number of hydrogen-bond acceptors (Lipinski definition) is 5. The van der Waals surface area contributed by atoms with Crippen LogP contribution in [0.5, 0.6) is 0 Å². The van der Waals surface area contributed by atoms with Crippen molar-refractivity contribution >= 4 is 23.9 Å². The topological polar surface area (TPSA) is 125 Å². The summed E-state index contributed by atoms with van der Waals surface area (Å²) in [7, 11) is 0.